The molecule has 0 aliphatic carbocycles. The molecule has 110 valence electrons. The molecule has 2 unspecified atom stereocenters. The van der Waals surface area contributed by atoms with Crippen molar-refractivity contribution in [3.05, 3.63) is 0 Å². The van der Waals surface area contributed by atoms with Crippen LogP contribution >= 0.6 is 0 Å². The predicted octanol–water partition coefficient (Wildman–Crippen LogP) is 1.53. The zero-order chi connectivity index (χ0) is 14.3. The third kappa shape index (κ3) is 4.49. The summed E-state index contributed by atoms with van der Waals surface area (Å²) in [5.41, 5.74) is -0.420. The Bertz CT molecular complexity index is 312. The summed E-state index contributed by atoms with van der Waals surface area (Å²) in [4.78, 5) is 23.1. The van der Waals surface area contributed by atoms with Gasteiger partial charge in [-0.1, -0.05) is 26.7 Å². The van der Waals surface area contributed by atoms with Gasteiger partial charge in [0.1, 0.15) is 0 Å². The van der Waals surface area contributed by atoms with Crippen molar-refractivity contribution < 1.29 is 14.7 Å². The van der Waals surface area contributed by atoms with Crippen LogP contribution in [0.1, 0.15) is 52.4 Å². The molecule has 1 saturated heterocycles. The van der Waals surface area contributed by atoms with Crippen molar-refractivity contribution in [3.8, 4) is 0 Å². The molecule has 1 aliphatic rings. The molecule has 1 fully saturated rings. The minimum atomic E-state index is -0.802. The average molecular weight is 270 g/mol. The second kappa shape index (κ2) is 7.48. The first-order valence-electron chi connectivity index (χ1n) is 7.29. The minimum Gasteiger partial charge on any atom is -0.481 e. The molecule has 0 spiro atoms. The standard InChI is InChI=1S/C14H26N2O3/c1-3-6-14(7-5-8-16-14)13(19)15-10-11(4-2)9-12(17)18/h11,16H,3-10H2,1-2H3,(H,15,19)(H,17,18). The van der Waals surface area contributed by atoms with Gasteiger partial charge in [0, 0.05) is 13.0 Å². The molecule has 1 aliphatic heterocycles. The fourth-order valence-electron chi connectivity index (χ4n) is 2.77. The quantitative estimate of drug-likeness (QED) is 0.625. The molecule has 1 heterocycles. The van der Waals surface area contributed by atoms with E-state index in [-0.39, 0.29) is 18.2 Å². The molecule has 0 saturated carbocycles. The molecule has 0 aromatic rings. The highest BCUT2D eigenvalue weighted by Crippen LogP contribution is 2.25. The predicted molar refractivity (Wildman–Crippen MR) is 73.9 cm³/mol. The van der Waals surface area contributed by atoms with Crippen LogP contribution in [-0.2, 0) is 9.59 Å². The SMILES string of the molecule is CCCC1(C(=O)NCC(CC)CC(=O)O)CCCN1. The van der Waals surface area contributed by atoms with E-state index in [2.05, 4.69) is 17.6 Å². The summed E-state index contributed by atoms with van der Waals surface area (Å²) < 4.78 is 0. The maximum Gasteiger partial charge on any atom is 0.303 e. The highest BCUT2D eigenvalue weighted by molar-refractivity contribution is 5.86. The lowest BCUT2D eigenvalue weighted by Gasteiger charge is -2.28. The Morgan fingerprint density at radius 1 is 1.42 bits per heavy atom. The van der Waals surface area contributed by atoms with Crippen LogP contribution in [-0.4, -0.2) is 35.6 Å². The smallest absolute Gasteiger partial charge is 0.303 e. The van der Waals surface area contributed by atoms with Gasteiger partial charge in [-0.2, -0.15) is 0 Å². The van der Waals surface area contributed by atoms with E-state index in [4.69, 9.17) is 5.11 Å². The summed E-state index contributed by atoms with van der Waals surface area (Å²) in [5, 5.41) is 15.1. The van der Waals surface area contributed by atoms with E-state index in [0.29, 0.717) is 6.54 Å². The Labute approximate surface area is 115 Å². The van der Waals surface area contributed by atoms with Gasteiger partial charge in [0.15, 0.2) is 0 Å². The number of rotatable bonds is 8. The molecular weight excluding hydrogens is 244 g/mol. The highest BCUT2D eigenvalue weighted by atomic mass is 16.4. The Kier molecular flexibility index (Phi) is 6.28. The zero-order valence-electron chi connectivity index (χ0n) is 12.0. The summed E-state index contributed by atoms with van der Waals surface area (Å²) >= 11 is 0. The van der Waals surface area contributed by atoms with Crippen molar-refractivity contribution in [3.63, 3.8) is 0 Å². The first-order valence-corrected chi connectivity index (χ1v) is 7.29. The van der Waals surface area contributed by atoms with Crippen molar-refractivity contribution in [1.29, 1.82) is 0 Å². The number of hydrogen-bond donors (Lipinski definition) is 3. The van der Waals surface area contributed by atoms with Gasteiger partial charge in [-0.3, -0.25) is 9.59 Å². The molecule has 3 N–H and O–H groups in total. The van der Waals surface area contributed by atoms with E-state index in [1.165, 1.54) is 0 Å². The van der Waals surface area contributed by atoms with Crippen LogP contribution in [0.15, 0.2) is 0 Å². The minimum absolute atomic E-state index is 0.0153. The first-order chi connectivity index (χ1) is 9.04. The molecule has 0 aromatic heterocycles. The summed E-state index contributed by atoms with van der Waals surface area (Å²) in [6.07, 6.45) is 4.59. The van der Waals surface area contributed by atoms with Crippen molar-refractivity contribution >= 4 is 11.9 Å². The van der Waals surface area contributed by atoms with Crippen LogP contribution in [0.25, 0.3) is 0 Å². The monoisotopic (exact) mass is 270 g/mol. The van der Waals surface area contributed by atoms with Crippen LogP contribution in [0.3, 0.4) is 0 Å². The third-order valence-electron chi connectivity index (χ3n) is 3.95. The normalized spacial score (nSPS) is 24.1. The number of carboxylic acids is 1. The topological polar surface area (TPSA) is 78.4 Å². The number of carboxylic acid groups (broad SMARTS) is 1. The van der Waals surface area contributed by atoms with Gasteiger partial charge < -0.3 is 15.7 Å². The van der Waals surface area contributed by atoms with Gasteiger partial charge in [0.25, 0.3) is 0 Å². The molecule has 0 radical (unpaired) electrons. The number of nitrogens with one attached hydrogen (secondary N) is 2. The molecule has 5 nitrogen and oxygen atoms in total. The molecule has 1 amide bonds. The number of carbonyl (C=O) groups is 2. The summed E-state index contributed by atoms with van der Waals surface area (Å²) in [5.74, 6) is -0.749. The molecular formula is C14H26N2O3. The van der Waals surface area contributed by atoms with E-state index in [1.807, 2.05) is 6.92 Å². The van der Waals surface area contributed by atoms with Crippen molar-refractivity contribution in [2.24, 2.45) is 5.92 Å². The molecule has 0 aromatic carbocycles. The van der Waals surface area contributed by atoms with E-state index in [0.717, 1.165) is 38.6 Å². The fraction of sp³-hybridized carbons (Fsp3) is 0.857. The molecule has 2 atom stereocenters. The lowest BCUT2D eigenvalue weighted by atomic mass is 9.90. The molecule has 0 bridgehead atoms. The van der Waals surface area contributed by atoms with E-state index >= 15 is 0 Å². The summed E-state index contributed by atoms with van der Waals surface area (Å²) in [6, 6.07) is 0. The second-order valence-corrected chi connectivity index (χ2v) is 5.44. The Morgan fingerprint density at radius 2 is 2.16 bits per heavy atom. The molecule has 1 rings (SSSR count). The fourth-order valence-corrected chi connectivity index (χ4v) is 2.77. The van der Waals surface area contributed by atoms with E-state index in [1.54, 1.807) is 0 Å². The van der Waals surface area contributed by atoms with Crippen molar-refractivity contribution in [2.75, 3.05) is 13.1 Å². The largest absolute Gasteiger partial charge is 0.481 e. The van der Waals surface area contributed by atoms with Crippen LogP contribution in [0.2, 0.25) is 0 Å². The van der Waals surface area contributed by atoms with Crippen LogP contribution in [0.4, 0.5) is 0 Å². The lowest BCUT2D eigenvalue weighted by Crippen LogP contribution is -2.54. The van der Waals surface area contributed by atoms with Gasteiger partial charge in [0.05, 0.1) is 5.54 Å². The van der Waals surface area contributed by atoms with E-state index in [9.17, 15) is 9.59 Å². The highest BCUT2D eigenvalue weighted by Gasteiger charge is 2.39. The maximum atomic E-state index is 12.3. The van der Waals surface area contributed by atoms with E-state index < -0.39 is 11.5 Å². The molecule has 19 heavy (non-hydrogen) atoms. The molecule has 5 heteroatoms. The van der Waals surface area contributed by atoms with Gasteiger partial charge in [-0.05, 0) is 31.7 Å². The van der Waals surface area contributed by atoms with Gasteiger partial charge in [0.2, 0.25) is 5.91 Å². The lowest BCUT2D eigenvalue weighted by molar-refractivity contribution is -0.138. The number of aliphatic carboxylic acids is 1. The number of carbonyl (C=O) groups excluding carboxylic acids is 1. The van der Waals surface area contributed by atoms with Crippen LogP contribution < -0.4 is 10.6 Å². The first kappa shape index (κ1) is 16.0. The van der Waals surface area contributed by atoms with Gasteiger partial charge in [-0.25, -0.2) is 0 Å². The third-order valence-corrected chi connectivity index (χ3v) is 3.95. The summed E-state index contributed by atoms with van der Waals surface area (Å²) in [7, 11) is 0. The van der Waals surface area contributed by atoms with Crippen LogP contribution in [0.5, 0.6) is 0 Å². The Morgan fingerprint density at radius 3 is 2.63 bits per heavy atom. The van der Waals surface area contributed by atoms with Crippen LogP contribution in [0, 0.1) is 5.92 Å². The number of hydrogen-bond acceptors (Lipinski definition) is 3. The van der Waals surface area contributed by atoms with Gasteiger partial charge >= 0.3 is 5.97 Å². The Balaban J connectivity index is 2.50. The maximum absolute atomic E-state index is 12.3. The average Bonchev–Trinajstić information content (AvgIpc) is 2.84. The van der Waals surface area contributed by atoms with Gasteiger partial charge in [-0.15, -0.1) is 0 Å². The van der Waals surface area contributed by atoms with Crippen molar-refractivity contribution in [1.82, 2.24) is 10.6 Å². The number of amides is 1. The van der Waals surface area contributed by atoms with Crippen molar-refractivity contribution in [2.45, 2.75) is 57.9 Å². The summed E-state index contributed by atoms with van der Waals surface area (Å²) in [6.45, 7) is 5.37. The Hall–Kier alpha value is -1.10. The second-order valence-electron chi connectivity index (χ2n) is 5.44. The zero-order valence-corrected chi connectivity index (χ0v) is 12.0.